The van der Waals surface area contributed by atoms with Gasteiger partial charge in [-0.05, 0) is 27.2 Å². The summed E-state index contributed by atoms with van der Waals surface area (Å²) in [6, 6.07) is 0. The zero-order valence-corrected chi connectivity index (χ0v) is 10.0. The molecular formula is C11H23NO2. The largest absolute Gasteiger partial charge is 0.389 e. The molecule has 0 radical (unpaired) electrons. The Hall–Kier alpha value is -0.570. The molecule has 0 aromatic carbocycles. The molecule has 1 unspecified atom stereocenters. The molecule has 0 saturated heterocycles. The molecule has 0 fully saturated rings. The van der Waals surface area contributed by atoms with Gasteiger partial charge in [-0.2, -0.15) is 0 Å². The molecule has 0 saturated carbocycles. The van der Waals surface area contributed by atoms with Gasteiger partial charge < -0.3 is 10.0 Å². The van der Waals surface area contributed by atoms with Crippen LogP contribution in [0.25, 0.3) is 0 Å². The fourth-order valence-electron chi connectivity index (χ4n) is 1.30. The minimum absolute atomic E-state index is 0.0531. The van der Waals surface area contributed by atoms with Gasteiger partial charge in [0.25, 0.3) is 0 Å². The Morgan fingerprint density at radius 1 is 1.43 bits per heavy atom. The SMILES string of the molecule is CCC(C)C(=O)N(CC)CC(C)(C)O. The van der Waals surface area contributed by atoms with Crippen LogP contribution in [0.5, 0.6) is 0 Å². The third-order valence-corrected chi connectivity index (χ3v) is 2.31. The zero-order chi connectivity index (χ0) is 11.4. The second-order valence-corrected chi connectivity index (χ2v) is 4.47. The molecule has 14 heavy (non-hydrogen) atoms. The van der Waals surface area contributed by atoms with Crippen LogP contribution in [0.2, 0.25) is 0 Å². The molecule has 0 heterocycles. The fraction of sp³-hybridized carbons (Fsp3) is 0.909. The Labute approximate surface area is 87.1 Å². The van der Waals surface area contributed by atoms with Crippen molar-refractivity contribution in [2.75, 3.05) is 13.1 Å². The topological polar surface area (TPSA) is 40.5 Å². The van der Waals surface area contributed by atoms with Crippen molar-refractivity contribution in [1.82, 2.24) is 4.90 Å². The number of likely N-dealkylation sites (N-methyl/N-ethyl adjacent to an activating group) is 1. The number of amides is 1. The number of aliphatic hydroxyl groups is 1. The van der Waals surface area contributed by atoms with Crippen LogP contribution in [0.15, 0.2) is 0 Å². The molecule has 1 atom stereocenters. The smallest absolute Gasteiger partial charge is 0.225 e. The summed E-state index contributed by atoms with van der Waals surface area (Å²) in [5.41, 5.74) is -0.806. The van der Waals surface area contributed by atoms with E-state index < -0.39 is 5.60 Å². The van der Waals surface area contributed by atoms with Crippen LogP contribution in [0.1, 0.15) is 41.0 Å². The summed E-state index contributed by atoms with van der Waals surface area (Å²) < 4.78 is 0. The second kappa shape index (κ2) is 5.35. The van der Waals surface area contributed by atoms with E-state index in [9.17, 15) is 9.90 Å². The van der Waals surface area contributed by atoms with Crippen LogP contribution < -0.4 is 0 Å². The van der Waals surface area contributed by atoms with Gasteiger partial charge >= 0.3 is 0 Å². The predicted octanol–water partition coefficient (Wildman–Crippen LogP) is 1.65. The molecule has 3 heteroatoms. The Bertz CT molecular complexity index is 184. The van der Waals surface area contributed by atoms with E-state index in [0.29, 0.717) is 13.1 Å². The van der Waals surface area contributed by atoms with Crippen LogP contribution in [-0.4, -0.2) is 34.6 Å². The lowest BCUT2D eigenvalue weighted by atomic mass is 10.1. The van der Waals surface area contributed by atoms with Gasteiger partial charge in [0.2, 0.25) is 5.91 Å². The monoisotopic (exact) mass is 201 g/mol. The minimum Gasteiger partial charge on any atom is -0.389 e. The number of nitrogens with zero attached hydrogens (tertiary/aromatic N) is 1. The van der Waals surface area contributed by atoms with Gasteiger partial charge in [0.05, 0.1) is 5.60 Å². The van der Waals surface area contributed by atoms with E-state index in [1.54, 1.807) is 18.7 Å². The Morgan fingerprint density at radius 2 is 1.93 bits per heavy atom. The maximum absolute atomic E-state index is 11.8. The highest BCUT2D eigenvalue weighted by Gasteiger charge is 2.23. The Balaban J connectivity index is 4.34. The lowest BCUT2D eigenvalue weighted by molar-refractivity contribution is -0.137. The standard InChI is InChI=1S/C11H23NO2/c1-6-9(3)10(13)12(7-2)8-11(4,5)14/h9,14H,6-8H2,1-5H3. The van der Waals surface area contributed by atoms with Gasteiger partial charge in [0.1, 0.15) is 0 Å². The van der Waals surface area contributed by atoms with Gasteiger partial charge in [-0.15, -0.1) is 0 Å². The number of hydrogen-bond acceptors (Lipinski definition) is 2. The second-order valence-electron chi connectivity index (χ2n) is 4.47. The third-order valence-electron chi connectivity index (χ3n) is 2.31. The van der Waals surface area contributed by atoms with Crippen molar-refractivity contribution in [3.05, 3.63) is 0 Å². The summed E-state index contributed by atoms with van der Waals surface area (Å²) in [5, 5.41) is 9.63. The quantitative estimate of drug-likeness (QED) is 0.734. The van der Waals surface area contributed by atoms with Crippen LogP contribution in [0, 0.1) is 5.92 Å². The highest BCUT2D eigenvalue weighted by Crippen LogP contribution is 2.10. The fourth-order valence-corrected chi connectivity index (χ4v) is 1.30. The molecule has 0 bridgehead atoms. The first-order chi connectivity index (χ1) is 6.31. The first-order valence-corrected chi connectivity index (χ1v) is 5.33. The summed E-state index contributed by atoms with van der Waals surface area (Å²) in [4.78, 5) is 13.5. The molecule has 1 N–H and O–H groups in total. The van der Waals surface area contributed by atoms with Crippen molar-refractivity contribution >= 4 is 5.91 Å². The summed E-state index contributed by atoms with van der Waals surface area (Å²) >= 11 is 0. The molecule has 1 amide bonds. The van der Waals surface area contributed by atoms with Crippen molar-refractivity contribution in [3.63, 3.8) is 0 Å². The third kappa shape index (κ3) is 4.61. The summed E-state index contributed by atoms with van der Waals surface area (Å²) in [5.74, 6) is 0.189. The van der Waals surface area contributed by atoms with Gasteiger partial charge in [0.15, 0.2) is 0 Å². The van der Waals surface area contributed by atoms with Crippen molar-refractivity contribution in [3.8, 4) is 0 Å². The van der Waals surface area contributed by atoms with Crippen molar-refractivity contribution in [2.45, 2.75) is 46.6 Å². The van der Waals surface area contributed by atoms with Gasteiger partial charge in [-0.25, -0.2) is 0 Å². The lowest BCUT2D eigenvalue weighted by Crippen LogP contribution is -2.44. The van der Waals surface area contributed by atoms with E-state index in [0.717, 1.165) is 6.42 Å². The van der Waals surface area contributed by atoms with Crippen molar-refractivity contribution in [1.29, 1.82) is 0 Å². The van der Waals surface area contributed by atoms with Crippen molar-refractivity contribution < 1.29 is 9.90 Å². The normalized spacial score (nSPS) is 13.9. The molecular weight excluding hydrogens is 178 g/mol. The summed E-state index contributed by atoms with van der Waals surface area (Å²) in [7, 11) is 0. The molecule has 84 valence electrons. The number of hydrogen-bond donors (Lipinski definition) is 1. The first-order valence-electron chi connectivity index (χ1n) is 5.33. The van der Waals surface area contributed by atoms with Crippen molar-refractivity contribution in [2.24, 2.45) is 5.92 Å². The van der Waals surface area contributed by atoms with Crippen LogP contribution in [0.4, 0.5) is 0 Å². The van der Waals surface area contributed by atoms with Gasteiger partial charge in [-0.1, -0.05) is 13.8 Å². The molecule has 0 aromatic heterocycles. The number of carbonyl (C=O) groups is 1. The molecule has 0 aliphatic carbocycles. The summed E-state index contributed by atoms with van der Waals surface area (Å²) in [6.45, 7) is 10.4. The minimum atomic E-state index is -0.806. The molecule has 0 aliphatic rings. The van der Waals surface area contributed by atoms with E-state index in [4.69, 9.17) is 0 Å². The van der Waals surface area contributed by atoms with E-state index in [2.05, 4.69) is 0 Å². The maximum Gasteiger partial charge on any atom is 0.225 e. The Kier molecular flexibility index (Phi) is 5.13. The lowest BCUT2D eigenvalue weighted by Gasteiger charge is -2.29. The van der Waals surface area contributed by atoms with Crippen LogP contribution in [0.3, 0.4) is 0 Å². The molecule has 0 spiro atoms. The van der Waals surface area contributed by atoms with E-state index in [-0.39, 0.29) is 11.8 Å². The Morgan fingerprint density at radius 3 is 2.21 bits per heavy atom. The van der Waals surface area contributed by atoms with E-state index >= 15 is 0 Å². The number of carbonyl (C=O) groups excluding carboxylic acids is 1. The van der Waals surface area contributed by atoms with Crippen LogP contribution >= 0.6 is 0 Å². The van der Waals surface area contributed by atoms with Gasteiger partial charge in [0, 0.05) is 19.0 Å². The van der Waals surface area contributed by atoms with Crippen LogP contribution in [-0.2, 0) is 4.79 Å². The van der Waals surface area contributed by atoms with E-state index in [1.165, 1.54) is 0 Å². The average Bonchev–Trinajstić information content (AvgIpc) is 2.10. The number of rotatable bonds is 5. The highest BCUT2D eigenvalue weighted by atomic mass is 16.3. The molecule has 0 rings (SSSR count). The predicted molar refractivity (Wildman–Crippen MR) is 58.0 cm³/mol. The maximum atomic E-state index is 11.8. The van der Waals surface area contributed by atoms with E-state index in [1.807, 2.05) is 20.8 Å². The van der Waals surface area contributed by atoms with Gasteiger partial charge in [-0.3, -0.25) is 4.79 Å². The first kappa shape index (κ1) is 13.4. The molecule has 0 aliphatic heterocycles. The average molecular weight is 201 g/mol. The summed E-state index contributed by atoms with van der Waals surface area (Å²) in [6.07, 6.45) is 0.848. The highest BCUT2D eigenvalue weighted by molar-refractivity contribution is 5.78. The molecule has 0 aromatic rings. The molecule has 3 nitrogen and oxygen atoms in total. The zero-order valence-electron chi connectivity index (χ0n) is 10.0.